The van der Waals surface area contributed by atoms with Crippen LogP contribution in [0.1, 0.15) is 43.7 Å². The minimum atomic E-state index is -0.269. The summed E-state index contributed by atoms with van der Waals surface area (Å²) in [5.41, 5.74) is 1.03. The van der Waals surface area contributed by atoms with Crippen molar-refractivity contribution in [3.05, 3.63) is 35.9 Å². The summed E-state index contributed by atoms with van der Waals surface area (Å²) in [6, 6.07) is 10.5. The molecule has 4 heteroatoms. The standard InChI is InChI=1S/C19H28N2O2/c1-23-19(22)18(16-8-4-2-5-9-16)21-14-12-20(13-15-21)17-10-6-3-7-11-17/h2,4-5,8-9,17-18H,3,6-7,10-15H2,1H3. The number of hydrogen-bond donors (Lipinski definition) is 0. The van der Waals surface area contributed by atoms with Gasteiger partial charge in [-0.2, -0.15) is 0 Å². The minimum absolute atomic E-state index is 0.151. The number of hydrogen-bond acceptors (Lipinski definition) is 4. The van der Waals surface area contributed by atoms with E-state index < -0.39 is 0 Å². The van der Waals surface area contributed by atoms with Crippen LogP contribution in [0.2, 0.25) is 0 Å². The van der Waals surface area contributed by atoms with E-state index in [1.165, 1.54) is 39.2 Å². The van der Waals surface area contributed by atoms with E-state index in [1.54, 1.807) is 0 Å². The largest absolute Gasteiger partial charge is 0.468 e. The zero-order chi connectivity index (χ0) is 16.1. The number of nitrogens with zero attached hydrogens (tertiary/aromatic N) is 2. The van der Waals surface area contributed by atoms with Gasteiger partial charge >= 0.3 is 5.97 Å². The van der Waals surface area contributed by atoms with Crippen LogP contribution in [0.3, 0.4) is 0 Å². The lowest BCUT2D eigenvalue weighted by Crippen LogP contribution is -2.52. The van der Waals surface area contributed by atoms with Gasteiger partial charge in [0.05, 0.1) is 7.11 Å². The molecule has 1 heterocycles. The van der Waals surface area contributed by atoms with Crippen LogP contribution in [-0.4, -0.2) is 55.1 Å². The number of piperazine rings is 1. The average molecular weight is 316 g/mol. The van der Waals surface area contributed by atoms with E-state index in [4.69, 9.17) is 4.74 Å². The number of esters is 1. The summed E-state index contributed by atoms with van der Waals surface area (Å²) in [6.07, 6.45) is 6.84. The van der Waals surface area contributed by atoms with Crippen LogP contribution in [0, 0.1) is 0 Å². The van der Waals surface area contributed by atoms with E-state index in [9.17, 15) is 4.79 Å². The van der Waals surface area contributed by atoms with Crippen LogP contribution >= 0.6 is 0 Å². The molecule has 1 aromatic carbocycles. The molecule has 1 aliphatic carbocycles. The van der Waals surface area contributed by atoms with Crippen molar-refractivity contribution in [2.24, 2.45) is 0 Å². The summed E-state index contributed by atoms with van der Waals surface area (Å²) >= 11 is 0. The molecule has 126 valence electrons. The smallest absolute Gasteiger partial charge is 0.327 e. The summed E-state index contributed by atoms with van der Waals surface area (Å²) < 4.78 is 5.07. The van der Waals surface area contributed by atoms with Crippen LogP contribution < -0.4 is 0 Å². The monoisotopic (exact) mass is 316 g/mol. The average Bonchev–Trinajstić information content (AvgIpc) is 2.64. The highest BCUT2D eigenvalue weighted by molar-refractivity contribution is 5.77. The molecule has 0 bridgehead atoms. The number of rotatable bonds is 4. The van der Waals surface area contributed by atoms with E-state index >= 15 is 0 Å². The Hall–Kier alpha value is -1.39. The van der Waals surface area contributed by atoms with Gasteiger partial charge in [-0.25, -0.2) is 4.79 Å². The third-order valence-corrected chi connectivity index (χ3v) is 5.34. The maximum Gasteiger partial charge on any atom is 0.327 e. The molecule has 1 aliphatic heterocycles. The predicted molar refractivity (Wildman–Crippen MR) is 91.2 cm³/mol. The topological polar surface area (TPSA) is 32.8 Å². The quantitative estimate of drug-likeness (QED) is 0.800. The molecular formula is C19H28N2O2. The summed E-state index contributed by atoms with van der Waals surface area (Å²) in [7, 11) is 1.48. The molecule has 0 amide bonds. The number of benzene rings is 1. The van der Waals surface area contributed by atoms with Gasteiger partial charge in [0.15, 0.2) is 0 Å². The van der Waals surface area contributed by atoms with Gasteiger partial charge in [0.1, 0.15) is 6.04 Å². The van der Waals surface area contributed by atoms with Crippen molar-refractivity contribution in [1.82, 2.24) is 9.80 Å². The summed E-state index contributed by atoms with van der Waals surface area (Å²) in [5.74, 6) is -0.151. The SMILES string of the molecule is COC(=O)C(c1ccccc1)N1CCN(C2CCCCC2)CC1. The van der Waals surface area contributed by atoms with Gasteiger partial charge in [0, 0.05) is 32.2 Å². The Kier molecular flexibility index (Phi) is 5.68. The summed E-state index contributed by atoms with van der Waals surface area (Å²) in [6.45, 7) is 3.99. The fourth-order valence-corrected chi connectivity index (χ4v) is 4.05. The van der Waals surface area contributed by atoms with Crippen molar-refractivity contribution in [1.29, 1.82) is 0 Å². The van der Waals surface area contributed by atoms with Gasteiger partial charge in [-0.1, -0.05) is 49.6 Å². The maximum atomic E-state index is 12.3. The van der Waals surface area contributed by atoms with E-state index in [-0.39, 0.29) is 12.0 Å². The lowest BCUT2D eigenvalue weighted by molar-refractivity contribution is -0.148. The fraction of sp³-hybridized carbons (Fsp3) is 0.632. The Morgan fingerprint density at radius 3 is 2.30 bits per heavy atom. The van der Waals surface area contributed by atoms with Crippen LogP contribution in [-0.2, 0) is 9.53 Å². The van der Waals surface area contributed by atoms with Crippen LogP contribution in [0.15, 0.2) is 30.3 Å². The zero-order valence-corrected chi connectivity index (χ0v) is 14.1. The molecule has 1 saturated carbocycles. The van der Waals surface area contributed by atoms with Crippen molar-refractivity contribution < 1.29 is 9.53 Å². The number of carbonyl (C=O) groups is 1. The van der Waals surface area contributed by atoms with Crippen LogP contribution in [0.5, 0.6) is 0 Å². The third-order valence-electron chi connectivity index (χ3n) is 5.34. The molecule has 3 rings (SSSR count). The molecule has 2 fully saturated rings. The summed E-state index contributed by atoms with van der Waals surface area (Å²) in [5, 5.41) is 0. The van der Waals surface area contributed by atoms with Gasteiger partial charge < -0.3 is 4.74 Å². The van der Waals surface area contributed by atoms with Crippen molar-refractivity contribution in [3.63, 3.8) is 0 Å². The normalized spacial score (nSPS) is 22.7. The second-order valence-corrected chi connectivity index (χ2v) is 6.70. The summed E-state index contributed by atoms with van der Waals surface area (Å²) in [4.78, 5) is 17.2. The highest BCUT2D eigenvalue weighted by Gasteiger charge is 2.33. The number of carbonyl (C=O) groups excluding carboxylic acids is 1. The van der Waals surface area contributed by atoms with Crippen molar-refractivity contribution in [2.75, 3.05) is 33.3 Å². The van der Waals surface area contributed by atoms with Gasteiger partial charge in [-0.05, 0) is 18.4 Å². The van der Waals surface area contributed by atoms with Crippen molar-refractivity contribution >= 4 is 5.97 Å². The first-order valence-electron chi connectivity index (χ1n) is 8.90. The molecule has 1 aromatic rings. The third kappa shape index (κ3) is 3.93. The van der Waals surface area contributed by atoms with Crippen LogP contribution in [0.25, 0.3) is 0 Å². The molecular weight excluding hydrogens is 288 g/mol. The van der Waals surface area contributed by atoms with E-state index in [0.29, 0.717) is 0 Å². The first-order valence-corrected chi connectivity index (χ1v) is 8.90. The maximum absolute atomic E-state index is 12.3. The van der Waals surface area contributed by atoms with Gasteiger partial charge in [0.2, 0.25) is 0 Å². The fourth-order valence-electron chi connectivity index (χ4n) is 4.05. The lowest BCUT2D eigenvalue weighted by Gasteiger charge is -2.42. The Labute approximate surface area is 139 Å². The van der Waals surface area contributed by atoms with Crippen molar-refractivity contribution in [2.45, 2.75) is 44.2 Å². The van der Waals surface area contributed by atoms with Crippen molar-refractivity contribution in [3.8, 4) is 0 Å². The molecule has 23 heavy (non-hydrogen) atoms. The zero-order valence-electron chi connectivity index (χ0n) is 14.1. The lowest BCUT2D eigenvalue weighted by atomic mass is 9.93. The molecule has 1 saturated heterocycles. The first-order chi connectivity index (χ1) is 11.3. The molecule has 1 unspecified atom stereocenters. The molecule has 2 aliphatic rings. The molecule has 0 spiro atoms. The van der Waals surface area contributed by atoms with Gasteiger partial charge in [-0.3, -0.25) is 9.80 Å². The van der Waals surface area contributed by atoms with Gasteiger partial charge in [0.25, 0.3) is 0 Å². The number of ether oxygens (including phenoxy) is 1. The second-order valence-electron chi connectivity index (χ2n) is 6.70. The molecule has 0 radical (unpaired) electrons. The second kappa shape index (κ2) is 7.93. The highest BCUT2D eigenvalue weighted by Crippen LogP contribution is 2.27. The Balaban J connectivity index is 1.64. The molecule has 1 atom stereocenters. The van der Waals surface area contributed by atoms with E-state index in [0.717, 1.165) is 37.8 Å². The van der Waals surface area contributed by atoms with Gasteiger partial charge in [-0.15, -0.1) is 0 Å². The molecule has 0 aromatic heterocycles. The Morgan fingerprint density at radius 2 is 1.70 bits per heavy atom. The highest BCUT2D eigenvalue weighted by atomic mass is 16.5. The molecule has 0 N–H and O–H groups in total. The van der Waals surface area contributed by atoms with E-state index in [2.05, 4.69) is 9.80 Å². The minimum Gasteiger partial charge on any atom is -0.468 e. The van der Waals surface area contributed by atoms with E-state index in [1.807, 2.05) is 30.3 Å². The Bertz CT molecular complexity index is 491. The first kappa shape index (κ1) is 16.5. The van der Waals surface area contributed by atoms with Crippen LogP contribution in [0.4, 0.5) is 0 Å². The molecule has 4 nitrogen and oxygen atoms in total. The predicted octanol–water partition coefficient (Wildman–Crippen LogP) is 2.85. The Morgan fingerprint density at radius 1 is 1.04 bits per heavy atom. The number of methoxy groups -OCH3 is 1.